The molecule has 10 heteroatoms. The van der Waals surface area contributed by atoms with Crippen molar-refractivity contribution in [2.24, 2.45) is 0 Å². The lowest BCUT2D eigenvalue weighted by molar-refractivity contribution is -0.139. The molecule has 0 radical (unpaired) electrons. The number of nitrogens with zero attached hydrogens (tertiary/aromatic N) is 4. The van der Waals surface area contributed by atoms with E-state index in [1.165, 1.54) is 16.5 Å². The highest BCUT2D eigenvalue weighted by molar-refractivity contribution is 6.29. The first-order valence-electron chi connectivity index (χ1n) is 9.77. The van der Waals surface area contributed by atoms with Crippen molar-refractivity contribution in [2.75, 3.05) is 7.11 Å². The highest BCUT2D eigenvalue weighted by Crippen LogP contribution is 2.23. The monoisotopic (exact) mass is 500 g/mol. The molecule has 186 valence electrons. The molecule has 0 aliphatic heterocycles. The Hall–Kier alpha value is -4.11. The van der Waals surface area contributed by atoms with Crippen molar-refractivity contribution in [1.29, 1.82) is 0 Å². The highest BCUT2D eigenvalue weighted by atomic mass is 35.5. The number of aromatic nitrogens is 4. The van der Waals surface area contributed by atoms with Crippen LogP contribution in [0.5, 0.6) is 5.88 Å². The van der Waals surface area contributed by atoms with Crippen molar-refractivity contribution in [1.82, 2.24) is 19.6 Å². The molecule has 2 N–H and O–H groups in total. The van der Waals surface area contributed by atoms with Gasteiger partial charge in [-0.05, 0) is 0 Å². The molecular weight excluding hydrogens is 472 g/mol. The fourth-order valence-electron chi connectivity index (χ4n) is 2.94. The number of carboxylic acid groups (broad SMARTS) is 2. The number of hydrogen-bond acceptors (Lipinski definition) is 5. The van der Waals surface area contributed by atoms with Crippen molar-refractivity contribution in [3.8, 4) is 28.4 Å². The van der Waals surface area contributed by atoms with E-state index in [1.54, 1.807) is 12.1 Å². The van der Waals surface area contributed by atoms with Gasteiger partial charge in [-0.15, -0.1) is 0 Å². The molecule has 2 aromatic heterocycles. The van der Waals surface area contributed by atoms with Gasteiger partial charge in [0.25, 0.3) is 0 Å². The number of carboxylic acids is 2. The second-order valence-corrected chi connectivity index (χ2v) is 7.15. The zero-order chi connectivity index (χ0) is 23.8. The van der Waals surface area contributed by atoms with Gasteiger partial charge >= 0.3 is 11.9 Å². The van der Waals surface area contributed by atoms with E-state index < -0.39 is 11.9 Å². The average molecular weight is 501 g/mol. The molecule has 0 bridgehead atoms. The quantitative estimate of drug-likeness (QED) is 0.357. The molecule has 2 aromatic carbocycles. The molecule has 0 spiro atoms. The van der Waals surface area contributed by atoms with Crippen molar-refractivity contribution in [3.05, 3.63) is 77.9 Å². The summed E-state index contributed by atoms with van der Waals surface area (Å²) in [7, 11) is 1.49. The van der Waals surface area contributed by atoms with Gasteiger partial charge in [0.1, 0.15) is 18.2 Å². The van der Waals surface area contributed by atoms with Gasteiger partial charge in [0.05, 0.1) is 18.5 Å². The van der Waals surface area contributed by atoms with Gasteiger partial charge < -0.3 is 14.9 Å². The van der Waals surface area contributed by atoms with Crippen LogP contribution in [-0.4, -0.2) is 48.8 Å². The van der Waals surface area contributed by atoms with E-state index in [0.29, 0.717) is 22.4 Å². The smallest absolute Gasteiger partial charge is 0.325 e. The molecule has 0 saturated carbocycles. The molecule has 0 unspecified atom stereocenters. The van der Waals surface area contributed by atoms with E-state index >= 15 is 0 Å². The van der Waals surface area contributed by atoms with Crippen LogP contribution in [0.1, 0.15) is 14.9 Å². The Morgan fingerprint density at radius 1 is 0.800 bits per heavy atom. The third kappa shape index (κ3) is 8.01. The third-order valence-corrected chi connectivity index (χ3v) is 4.70. The Morgan fingerprint density at radius 2 is 1.23 bits per heavy atom. The number of halogens is 1. The lowest BCUT2D eigenvalue weighted by Gasteiger charge is -2.01. The number of carbonyl (C=O) groups is 2. The minimum atomic E-state index is -0.968. The largest absolute Gasteiger partial charge is 0.481 e. The van der Waals surface area contributed by atoms with Crippen molar-refractivity contribution in [2.45, 2.75) is 27.9 Å². The molecule has 0 fully saturated rings. The van der Waals surface area contributed by atoms with Crippen LogP contribution in [0.15, 0.2) is 72.8 Å². The van der Waals surface area contributed by atoms with E-state index in [-0.39, 0.29) is 27.9 Å². The average Bonchev–Trinajstić information content (AvgIpc) is 3.38. The maximum absolute atomic E-state index is 10.7. The summed E-state index contributed by atoms with van der Waals surface area (Å²) in [6.45, 7) is -0.443. The predicted octanol–water partition coefficient (Wildman–Crippen LogP) is 5.20. The molecule has 35 heavy (non-hydrogen) atoms. The van der Waals surface area contributed by atoms with E-state index in [4.69, 9.17) is 26.6 Å². The fraction of sp³-hybridized carbons (Fsp3) is 0.200. The Morgan fingerprint density at radius 3 is 1.69 bits per heavy atom. The van der Waals surface area contributed by atoms with Crippen LogP contribution in [-0.2, 0) is 22.7 Å². The Bertz CT molecular complexity index is 1220. The zero-order valence-corrected chi connectivity index (χ0v) is 18.4. The van der Waals surface area contributed by atoms with E-state index in [2.05, 4.69) is 10.2 Å². The molecule has 0 atom stereocenters. The number of aliphatic carboxylic acids is 2. The summed E-state index contributed by atoms with van der Waals surface area (Å²) in [6, 6.07) is 22.4. The normalized spacial score (nSPS) is 9.66. The van der Waals surface area contributed by atoms with E-state index in [9.17, 15) is 9.59 Å². The summed E-state index contributed by atoms with van der Waals surface area (Å²) in [4.78, 5) is 21.2. The van der Waals surface area contributed by atoms with E-state index in [1.807, 2.05) is 60.7 Å². The first-order chi connectivity index (χ1) is 15.9. The Kier molecular flexibility index (Phi) is 11.2. The van der Waals surface area contributed by atoms with Crippen LogP contribution >= 0.6 is 11.6 Å². The lowest BCUT2D eigenvalue weighted by atomic mass is 10.2. The minimum absolute atomic E-state index is 0. The molecule has 0 saturated heterocycles. The number of benzene rings is 2. The van der Waals surface area contributed by atoms with Gasteiger partial charge in [0.2, 0.25) is 5.88 Å². The molecule has 9 nitrogen and oxygen atoms in total. The SMILES string of the molecule is C.C.COc1cc(-c2ccccc2)nn1CC(=O)O.O=C(O)Cn1nc(-c2ccccc2)cc1Cl. The lowest BCUT2D eigenvalue weighted by Crippen LogP contribution is -2.11. The fourth-order valence-corrected chi connectivity index (χ4v) is 3.14. The van der Waals surface area contributed by atoms with E-state index in [0.717, 1.165) is 11.1 Å². The van der Waals surface area contributed by atoms with Crippen LogP contribution in [0.2, 0.25) is 5.15 Å². The van der Waals surface area contributed by atoms with Gasteiger partial charge in [-0.25, -0.2) is 9.36 Å². The van der Waals surface area contributed by atoms with Crippen molar-refractivity contribution in [3.63, 3.8) is 0 Å². The topological polar surface area (TPSA) is 119 Å². The van der Waals surface area contributed by atoms with Gasteiger partial charge in [-0.2, -0.15) is 10.2 Å². The second kappa shape index (κ2) is 13.6. The summed E-state index contributed by atoms with van der Waals surface area (Å²) in [5.41, 5.74) is 3.21. The molecule has 0 amide bonds. The number of hydrogen-bond donors (Lipinski definition) is 2. The van der Waals surface area contributed by atoms with Gasteiger partial charge in [0, 0.05) is 23.3 Å². The number of ether oxygens (including phenoxy) is 1. The molecule has 0 aliphatic rings. The third-order valence-electron chi connectivity index (χ3n) is 4.39. The first-order valence-corrected chi connectivity index (χ1v) is 10.1. The maximum atomic E-state index is 10.7. The summed E-state index contributed by atoms with van der Waals surface area (Å²) in [6.07, 6.45) is 0. The Balaban J connectivity index is 0.000000332. The Labute approximate surface area is 209 Å². The van der Waals surface area contributed by atoms with Crippen LogP contribution in [0.4, 0.5) is 0 Å². The van der Waals surface area contributed by atoms with Crippen LogP contribution in [0, 0.1) is 0 Å². The van der Waals surface area contributed by atoms with Crippen molar-refractivity contribution < 1.29 is 24.5 Å². The highest BCUT2D eigenvalue weighted by Gasteiger charge is 2.12. The van der Waals surface area contributed by atoms with Gasteiger partial charge in [-0.3, -0.25) is 9.59 Å². The van der Waals surface area contributed by atoms with Gasteiger partial charge in [0.15, 0.2) is 0 Å². The van der Waals surface area contributed by atoms with Crippen LogP contribution in [0.3, 0.4) is 0 Å². The molecule has 2 heterocycles. The van der Waals surface area contributed by atoms with Gasteiger partial charge in [-0.1, -0.05) is 87.1 Å². The molecular formula is C25H29ClN4O5. The number of rotatable bonds is 7. The minimum Gasteiger partial charge on any atom is -0.481 e. The summed E-state index contributed by atoms with van der Waals surface area (Å²) in [5, 5.41) is 26.0. The molecule has 4 rings (SSSR count). The number of methoxy groups -OCH3 is 1. The van der Waals surface area contributed by atoms with Crippen molar-refractivity contribution >= 4 is 23.5 Å². The molecule has 4 aromatic rings. The predicted molar refractivity (Wildman–Crippen MR) is 136 cm³/mol. The first kappa shape index (κ1) is 28.9. The standard InChI is InChI=1S/C12H12N2O3.C11H9ClN2O2.2CH4/c1-17-11-7-10(9-5-3-2-4-6-9)13-14(11)8-12(15)16;12-10-6-9(8-4-2-1-3-5-8)13-14(10)7-11(15)16;;/h2-7H,8H2,1H3,(H,15,16);1-6H,7H2,(H,15,16);2*1H4. The summed E-state index contributed by atoms with van der Waals surface area (Å²) >= 11 is 5.88. The maximum Gasteiger partial charge on any atom is 0.325 e. The summed E-state index contributed by atoms with van der Waals surface area (Å²) in [5.74, 6) is -1.48. The van der Waals surface area contributed by atoms with Crippen LogP contribution in [0.25, 0.3) is 22.5 Å². The summed E-state index contributed by atoms with van der Waals surface area (Å²) < 4.78 is 7.67. The van der Waals surface area contributed by atoms with Crippen LogP contribution < -0.4 is 4.74 Å². The second-order valence-electron chi connectivity index (χ2n) is 6.76. The molecule has 0 aliphatic carbocycles. The zero-order valence-electron chi connectivity index (χ0n) is 17.6.